The van der Waals surface area contributed by atoms with Gasteiger partial charge in [-0.2, -0.15) is 13.2 Å². The molecule has 0 bridgehead atoms. The summed E-state index contributed by atoms with van der Waals surface area (Å²) in [6, 6.07) is 13.6. The molecule has 1 saturated carbocycles. The lowest BCUT2D eigenvalue weighted by atomic mass is 10.0. The summed E-state index contributed by atoms with van der Waals surface area (Å²) in [5, 5.41) is 15.0. The molecule has 36 heavy (non-hydrogen) atoms. The van der Waals surface area contributed by atoms with E-state index in [-0.39, 0.29) is 17.0 Å². The number of nitrogens with zero attached hydrogens (tertiary/aromatic N) is 4. The van der Waals surface area contributed by atoms with Crippen LogP contribution in [-0.2, 0) is 13.0 Å². The maximum Gasteiger partial charge on any atom is 0.393 e. The van der Waals surface area contributed by atoms with E-state index in [1.807, 2.05) is 36.3 Å². The zero-order chi connectivity index (χ0) is 25.3. The Morgan fingerprint density at radius 2 is 1.94 bits per heavy atom. The zero-order valence-corrected chi connectivity index (χ0v) is 20.4. The second-order valence-electron chi connectivity index (χ2n) is 9.16. The molecule has 1 aromatic carbocycles. The minimum atomic E-state index is -4.28. The molecule has 0 spiro atoms. The van der Waals surface area contributed by atoms with Crippen molar-refractivity contribution in [3.63, 3.8) is 0 Å². The number of hydrogen-bond donors (Lipinski definition) is 2. The normalized spacial score (nSPS) is 20.2. The fourth-order valence-electron chi connectivity index (χ4n) is 4.85. The lowest BCUT2D eigenvalue weighted by Crippen LogP contribution is -2.38. The second-order valence-corrected chi connectivity index (χ2v) is 10.3. The number of thiophene rings is 1. The van der Waals surface area contributed by atoms with Crippen molar-refractivity contribution in [2.45, 2.75) is 50.2 Å². The third-order valence-corrected chi connectivity index (χ3v) is 7.62. The molecule has 5 rings (SSSR count). The summed E-state index contributed by atoms with van der Waals surface area (Å²) in [4.78, 5) is 15.3. The molecule has 0 amide bonds. The second kappa shape index (κ2) is 10.1. The fraction of sp³-hybridized carbons (Fsp3) is 0.346. The summed E-state index contributed by atoms with van der Waals surface area (Å²) in [6.07, 6.45) is 0.362. The summed E-state index contributed by atoms with van der Waals surface area (Å²) in [5.41, 5.74) is 3.29. The summed E-state index contributed by atoms with van der Waals surface area (Å²) in [5.74, 6) is 0.540. The molecule has 1 aliphatic rings. The van der Waals surface area contributed by atoms with Gasteiger partial charge in [-0.3, -0.25) is 4.98 Å². The molecule has 0 radical (unpaired) electrons. The number of pyridine rings is 1. The smallest absolute Gasteiger partial charge is 0.391 e. The highest BCUT2D eigenvalue weighted by molar-refractivity contribution is 7.18. The molecule has 4 aromatic rings. The van der Waals surface area contributed by atoms with Crippen molar-refractivity contribution in [1.29, 1.82) is 0 Å². The van der Waals surface area contributed by atoms with Gasteiger partial charge >= 0.3 is 6.18 Å². The average molecular weight is 514 g/mol. The van der Waals surface area contributed by atoms with Crippen molar-refractivity contribution in [1.82, 2.24) is 20.3 Å². The van der Waals surface area contributed by atoms with Gasteiger partial charge in [-0.1, -0.05) is 24.3 Å². The molecule has 188 valence electrons. The maximum atomic E-state index is 12.9. The first-order valence-electron chi connectivity index (χ1n) is 11.7. The minimum Gasteiger partial charge on any atom is -0.391 e. The van der Waals surface area contributed by atoms with Gasteiger partial charge in [0.25, 0.3) is 0 Å². The minimum absolute atomic E-state index is 0.0927. The van der Waals surface area contributed by atoms with Crippen molar-refractivity contribution >= 4 is 27.4 Å². The molecule has 0 aliphatic heterocycles. The zero-order valence-electron chi connectivity index (χ0n) is 19.6. The van der Waals surface area contributed by atoms with Crippen LogP contribution in [0.4, 0.5) is 19.0 Å². The fourth-order valence-corrected chi connectivity index (χ4v) is 5.87. The first-order chi connectivity index (χ1) is 17.3. The lowest BCUT2D eigenvalue weighted by Gasteiger charge is -2.28. The number of aliphatic hydroxyl groups excluding tert-OH is 1. The highest BCUT2D eigenvalue weighted by atomic mass is 32.1. The number of likely N-dealkylation sites (N-methyl/N-ethyl adjacent to an activating group) is 1. The van der Waals surface area contributed by atoms with E-state index in [0.29, 0.717) is 35.4 Å². The molecule has 6 nitrogen and oxygen atoms in total. The van der Waals surface area contributed by atoms with Gasteiger partial charge in [0.15, 0.2) is 0 Å². The van der Waals surface area contributed by atoms with Crippen molar-refractivity contribution in [3.05, 3.63) is 71.6 Å². The number of fused-ring (bicyclic) bond motifs is 1. The monoisotopic (exact) mass is 513 g/mol. The Balaban J connectivity index is 1.26. The number of hydrogen-bond acceptors (Lipinski definition) is 7. The first-order valence-corrected chi connectivity index (χ1v) is 12.5. The van der Waals surface area contributed by atoms with E-state index in [1.165, 1.54) is 12.4 Å². The van der Waals surface area contributed by atoms with Crippen LogP contribution in [0, 0.1) is 0 Å². The van der Waals surface area contributed by atoms with Crippen LogP contribution in [0.3, 0.4) is 0 Å². The molecule has 0 saturated heterocycles. The van der Waals surface area contributed by atoms with Gasteiger partial charge in [-0.15, -0.1) is 11.3 Å². The number of halogens is 3. The summed E-state index contributed by atoms with van der Waals surface area (Å²) in [7, 11) is 1.83. The number of alkyl halides is 3. The molecule has 1 fully saturated rings. The third-order valence-electron chi connectivity index (χ3n) is 6.58. The Hall–Kier alpha value is -3.08. The van der Waals surface area contributed by atoms with Gasteiger partial charge in [0.2, 0.25) is 0 Å². The molecular formula is C26H26F3N5OS. The summed E-state index contributed by atoms with van der Waals surface area (Å²) >= 11 is 1.03. The van der Waals surface area contributed by atoms with Crippen molar-refractivity contribution in [3.8, 4) is 11.1 Å². The van der Waals surface area contributed by atoms with E-state index in [4.69, 9.17) is 0 Å². The van der Waals surface area contributed by atoms with Gasteiger partial charge < -0.3 is 15.3 Å². The van der Waals surface area contributed by atoms with Crippen LogP contribution in [0.1, 0.15) is 23.3 Å². The molecular weight excluding hydrogens is 487 g/mol. The van der Waals surface area contributed by atoms with Crippen LogP contribution in [-0.4, -0.2) is 51.5 Å². The Bertz CT molecular complexity index is 1330. The Labute approximate surface area is 210 Å². The van der Waals surface area contributed by atoms with Crippen LogP contribution in [0.2, 0.25) is 0 Å². The van der Waals surface area contributed by atoms with Crippen LogP contribution in [0.25, 0.3) is 21.3 Å². The van der Waals surface area contributed by atoms with E-state index in [2.05, 4.69) is 38.5 Å². The molecule has 2 N–H and O–H groups in total. The average Bonchev–Trinajstić information content (AvgIpc) is 3.44. The molecule has 3 heterocycles. The van der Waals surface area contributed by atoms with Crippen molar-refractivity contribution in [2.24, 2.45) is 0 Å². The Kier molecular flexibility index (Phi) is 6.92. The first kappa shape index (κ1) is 24.6. The summed E-state index contributed by atoms with van der Waals surface area (Å²) < 4.78 is 38.7. The summed E-state index contributed by atoms with van der Waals surface area (Å²) in [6.45, 7) is 0.658. The third kappa shape index (κ3) is 5.50. The number of anilines is 1. The SMILES string of the molecule is CN(c1ncnc2sc(CC(F)(F)F)cc12)[C@H]1C[C@@H](NCc2cccc(-c3cccnc3)c2)C[C@H]1O. The molecule has 10 heteroatoms. The van der Waals surface area contributed by atoms with E-state index >= 15 is 0 Å². The Morgan fingerprint density at radius 3 is 2.72 bits per heavy atom. The Morgan fingerprint density at radius 1 is 1.11 bits per heavy atom. The largest absolute Gasteiger partial charge is 0.393 e. The number of aromatic nitrogens is 3. The standard InChI is InChI=1S/C26H26F3N5OS/c1-34(24-21-11-20(12-26(27,28)29)36-25(21)33-15-32-24)22-9-19(10-23(22)35)31-13-16-4-2-5-17(8-16)18-6-3-7-30-14-18/h2-8,11,14-15,19,22-23,31,35H,9-10,12-13H2,1H3/t19-,22+,23-/m1/s1. The predicted molar refractivity (Wildman–Crippen MR) is 135 cm³/mol. The highest BCUT2D eigenvalue weighted by Crippen LogP contribution is 2.36. The van der Waals surface area contributed by atoms with E-state index < -0.39 is 18.7 Å². The van der Waals surface area contributed by atoms with Crippen molar-refractivity contribution < 1.29 is 18.3 Å². The molecule has 3 aromatic heterocycles. The van der Waals surface area contributed by atoms with Gasteiger partial charge in [0.05, 0.1) is 24.0 Å². The predicted octanol–water partition coefficient (Wildman–Crippen LogP) is 4.98. The molecule has 3 atom stereocenters. The molecule has 1 aliphatic carbocycles. The quantitative estimate of drug-likeness (QED) is 0.363. The van der Waals surface area contributed by atoms with E-state index in [1.54, 1.807) is 6.20 Å². The number of benzene rings is 1. The number of rotatable bonds is 7. The van der Waals surface area contributed by atoms with Crippen LogP contribution < -0.4 is 10.2 Å². The van der Waals surface area contributed by atoms with Crippen LogP contribution in [0.5, 0.6) is 0 Å². The number of aliphatic hydroxyl groups is 1. The van der Waals surface area contributed by atoms with Crippen LogP contribution in [0.15, 0.2) is 61.2 Å². The van der Waals surface area contributed by atoms with Gasteiger partial charge in [-0.05, 0) is 47.7 Å². The van der Waals surface area contributed by atoms with E-state index in [0.717, 1.165) is 28.0 Å². The topological polar surface area (TPSA) is 74.2 Å². The maximum absolute atomic E-state index is 12.9. The van der Waals surface area contributed by atoms with Gasteiger partial charge in [-0.25, -0.2) is 9.97 Å². The van der Waals surface area contributed by atoms with Gasteiger partial charge in [0.1, 0.15) is 17.0 Å². The molecule has 0 unspecified atom stereocenters. The lowest BCUT2D eigenvalue weighted by molar-refractivity contribution is -0.126. The van der Waals surface area contributed by atoms with Crippen LogP contribution >= 0.6 is 11.3 Å². The van der Waals surface area contributed by atoms with Gasteiger partial charge in [0, 0.05) is 36.9 Å². The number of nitrogens with one attached hydrogen (secondary N) is 1. The van der Waals surface area contributed by atoms with Crippen molar-refractivity contribution in [2.75, 3.05) is 11.9 Å². The van der Waals surface area contributed by atoms with E-state index in [9.17, 15) is 18.3 Å². The highest BCUT2D eigenvalue weighted by Gasteiger charge is 2.37.